The number of nitrogens with zero attached hydrogens (tertiary/aromatic N) is 1. The Morgan fingerprint density at radius 2 is 1.24 bits per heavy atom. The van der Waals surface area contributed by atoms with Gasteiger partial charge in [-0.3, -0.25) is 0 Å². The second-order valence-corrected chi connectivity index (χ2v) is 7.61. The minimum Gasteiger partial charge on any atom is -0.301 e. The van der Waals surface area contributed by atoms with Gasteiger partial charge in [-0.1, -0.05) is 74.5 Å². The van der Waals surface area contributed by atoms with E-state index in [2.05, 4.69) is 86.3 Å². The van der Waals surface area contributed by atoms with Crippen LogP contribution in [0.5, 0.6) is 0 Å². The monoisotopic (exact) mass is 299 g/mol. The lowest BCUT2D eigenvalue weighted by molar-refractivity contribution is 0.249. The molecule has 112 valence electrons. The normalized spacial score (nSPS) is 12.8. The summed E-state index contributed by atoms with van der Waals surface area (Å²) in [6.45, 7) is 9.14. The maximum absolute atomic E-state index is 2.56. The molecule has 1 nitrogen and oxygen atoms in total. The van der Waals surface area contributed by atoms with Crippen molar-refractivity contribution in [3.63, 3.8) is 0 Å². The van der Waals surface area contributed by atoms with Gasteiger partial charge in [0.2, 0.25) is 0 Å². The summed E-state index contributed by atoms with van der Waals surface area (Å²) in [5, 5.41) is 2.97. The van der Waals surface area contributed by atoms with Gasteiger partial charge in [0, 0.05) is 6.04 Å². The molecule has 1 atom stereocenters. The van der Waals surface area contributed by atoms with E-state index in [9.17, 15) is 0 Å². The summed E-state index contributed by atoms with van der Waals surface area (Å²) in [7, 11) is -0.276. The van der Waals surface area contributed by atoms with Crippen LogP contribution in [0.1, 0.15) is 20.8 Å². The van der Waals surface area contributed by atoms with Gasteiger partial charge in [-0.05, 0) is 44.7 Å². The van der Waals surface area contributed by atoms with Crippen molar-refractivity contribution in [2.24, 2.45) is 0 Å². The third kappa shape index (κ3) is 4.40. The van der Waals surface area contributed by atoms with Gasteiger partial charge >= 0.3 is 0 Å². The smallest absolute Gasteiger partial charge is 0.0112 e. The molecule has 0 aromatic heterocycles. The Kier molecular flexibility index (Phi) is 6.42. The molecule has 0 spiro atoms. The van der Waals surface area contributed by atoms with Crippen molar-refractivity contribution in [2.75, 3.05) is 19.3 Å². The summed E-state index contributed by atoms with van der Waals surface area (Å²) in [6.07, 6.45) is 1.23. The summed E-state index contributed by atoms with van der Waals surface area (Å²) < 4.78 is 0. The Morgan fingerprint density at radius 1 is 0.810 bits per heavy atom. The van der Waals surface area contributed by atoms with Crippen LogP contribution < -0.4 is 10.6 Å². The predicted octanol–water partition coefficient (Wildman–Crippen LogP) is 3.85. The lowest BCUT2D eigenvalue weighted by atomic mass is 10.3. The topological polar surface area (TPSA) is 3.24 Å². The van der Waals surface area contributed by atoms with Crippen LogP contribution in [-0.4, -0.2) is 30.2 Å². The number of hydrogen-bond donors (Lipinski definition) is 0. The highest BCUT2D eigenvalue weighted by molar-refractivity contribution is 7.73. The average Bonchev–Trinajstić information content (AvgIpc) is 2.55. The van der Waals surface area contributed by atoms with E-state index in [0.29, 0.717) is 6.04 Å². The van der Waals surface area contributed by atoms with Gasteiger partial charge < -0.3 is 4.90 Å². The summed E-state index contributed by atoms with van der Waals surface area (Å²) in [4.78, 5) is 2.56. The second-order valence-electron chi connectivity index (χ2n) is 5.35. The van der Waals surface area contributed by atoms with E-state index in [1.165, 1.54) is 16.8 Å². The highest BCUT2D eigenvalue weighted by Gasteiger charge is 2.19. The van der Waals surface area contributed by atoms with E-state index in [-0.39, 0.29) is 7.92 Å². The highest BCUT2D eigenvalue weighted by atomic mass is 31.1. The summed E-state index contributed by atoms with van der Waals surface area (Å²) >= 11 is 0. The van der Waals surface area contributed by atoms with Crippen LogP contribution in [0.2, 0.25) is 0 Å². The molecule has 2 heteroatoms. The zero-order valence-electron chi connectivity index (χ0n) is 13.4. The first-order valence-electron chi connectivity index (χ1n) is 7.88. The summed E-state index contributed by atoms with van der Waals surface area (Å²) in [5.74, 6) is 0. The van der Waals surface area contributed by atoms with Crippen molar-refractivity contribution in [1.82, 2.24) is 4.90 Å². The molecule has 0 bridgehead atoms. The van der Waals surface area contributed by atoms with Crippen molar-refractivity contribution < 1.29 is 0 Å². The van der Waals surface area contributed by atoms with Crippen molar-refractivity contribution in [2.45, 2.75) is 26.8 Å². The minimum atomic E-state index is -0.276. The molecule has 21 heavy (non-hydrogen) atoms. The third-order valence-corrected chi connectivity index (χ3v) is 6.75. The van der Waals surface area contributed by atoms with Crippen LogP contribution in [0, 0.1) is 0 Å². The van der Waals surface area contributed by atoms with E-state index in [1.54, 1.807) is 0 Å². The standard InChI is InChI=1S/C19H26NP/c1-4-20(5-2)17(3)16-21(18-12-8-6-9-13-18)19-14-10-7-11-15-19/h6-15,17H,4-5,16H2,1-3H3. The highest BCUT2D eigenvalue weighted by Crippen LogP contribution is 2.35. The first-order chi connectivity index (χ1) is 10.3. The van der Waals surface area contributed by atoms with Crippen molar-refractivity contribution in [3.05, 3.63) is 60.7 Å². The summed E-state index contributed by atoms with van der Waals surface area (Å²) in [5.41, 5.74) is 0. The quantitative estimate of drug-likeness (QED) is 0.702. The number of benzene rings is 2. The molecule has 0 aliphatic rings. The van der Waals surface area contributed by atoms with Crippen LogP contribution >= 0.6 is 7.92 Å². The average molecular weight is 299 g/mol. The van der Waals surface area contributed by atoms with Crippen LogP contribution in [0.15, 0.2) is 60.7 Å². The van der Waals surface area contributed by atoms with Crippen LogP contribution in [0.3, 0.4) is 0 Å². The molecule has 0 saturated heterocycles. The van der Waals surface area contributed by atoms with E-state index >= 15 is 0 Å². The largest absolute Gasteiger partial charge is 0.301 e. The fraction of sp³-hybridized carbons (Fsp3) is 0.368. The van der Waals surface area contributed by atoms with E-state index in [1.807, 2.05) is 0 Å². The lowest BCUT2D eigenvalue weighted by Crippen LogP contribution is -2.36. The maximum atomic E-state index is 2.56. The molecule has 2 rings (SSSR count). The van der Waals surface area contributed by atoms with Crippen molar-refractivity contribution >= 4 is 18.5 Å². The lowest BCUT2D eigenvalue weighted by Gasteiger charge is -2.30. The Balaban J connectivity index is 2.25. The molecule has 0 radical (unpaired) electrons. The van der Waals surface area contributed by atoms with Crippen LogP contribution in [0.25, 0.3) is 0 Å². The predicted molar refractivity (Wildman–Crippen MR) is 96.3 cm³/mol. The van der Waals surface area contributed by atoms with E-state index in [4.69, 9.17) is 0 Å². The Morgan fingerprint density at radius 3 is 1.62 bits per heavy atom. The van der Waals surface area contributed by atoms with Crippen LogP contribution in [-0.2, 0) is 0 Å². The molecule has 2 aromatic carbocycles. The fourth-order valence-corrected chi connectivity index (χ4v) is 5.35. The minimum absolute atomic E-state index is 0.276. The molecule has 0 N–H and O–H groups in total. The van der Waals surface area contributed by atoms with Gasteiger partial charge in [0.25, 0.3) is 0 Å². The van der Waals surface area contributed by atoms with Crippen molar-refractivity contribution in [3.8, 4) is 0 Å². The molecular formula is C19H26NP. The van der Waals surface area contributed by atoms with E-state index < -0.39 is 0 Å². The second kappa shape index (κ2) is 8.32. The van der Waals surface area contributed by atoms with Gasteiger partial charge in [0.05, 0.1) is 0 Å². The molecule has 1 unspecified atom stereocenters. The summed E-state index contributed by atoms with van der Waals surface area (Å²) in [6, 6.07) is 22.6. The molecule has 0 fully saturated rings. The number of hydrogen-bond acceptors (Lipinski definition) is 1. The first-order valence-corrected chi connectivity index (χ1v) is 9.40. The van der Waals surface area contributed by atoms with Crippen LogP contribution in [0.4, 0.5) is 0 Å². The Labute approximate surface area is 130 Å². The Hall–Kier alpha value is -1.17. The van der Waals surface area contributed by atoms with Gasteiger partial charge in [0.1, 0.15) is 0 Å². The zero-order valence-corrected chi connectivity index (χ0v) is 14.3. The zero-order chi connectivity index (χ0) is 15.1. The first kappa shape index (κ1) is 16.2. The molecule has 0 aliphatic heterocycles. The van der Waals surface area contributed by atoms with Crippen molar-refractivity contribution in [1.29, 1.82) is 0 Å². The molecule has 0 heterocycles. The van der Waals surface area contributed by atoms with Gasteiger partial charge in [-0.15, -0.1) is 0 Å². The SMILES string of the molecule is CCN(CC)C(C)CP(c1ccccc1)c1ccccc1. The molecular weight excluding hydrogens is 273 g/mol. The van der Waals surface area contributed by atoms with Gasteiger partial charge in [-0.2, -0.15) is 0 Å². The van der Waals surface area contributed by atoms with Gasteiger partial charge in [0.15, 0.2) is 0 Å². The van der Waals surface area contributed by atoms with Gasteiger partial charge in [-0.25, -0.2) is 0 Å². The fourth-order valence-electron chi connectivity index (χ4n) is 2.80. The molecule has 0 aliphatic carbocycles. The maximum Gasteiger partial charge on any atom is 0.0112 e. The number of rotatable bonds is 7. The molecule has 2 aromatic rings. The molecule has 0 saturated carbocycles. The Bertz CT molecular complexity index is 468. The van der Waals surface area contributed by atoms with E-state index in [0.717, 1.165) is 13.1 Å². The third-order valence-electron chi connectivity index (χ3n) is 4.02. The molecule has 0 amide bonds.